The van der Waals surface area contributed by atoms with Gasteiger partial charge in [-0.15, -0.1) is 0 Å². The number of halogens is 2. The molecule has 18 heavy (non-hydrogen) atoms. The van der Waals surface area contributed by atoms with E-state index in [1.807, 2.05) is 0 Å². The van der Waals surface area contributed by atoms with Gasteiger partial charge in [0.2, 0.25) is 0 Å². The van der Waals surface area contributed by atoms with E-state index in [0.29, 0.717) is 11.1 Å². The van der Waals surface area contributed by atoms with Gasteiger partial charge in [-0.25, -0.2) is 8.78 Å². The van der Waals surface area contributed by atoms with Crippen LogP contribution in [0, 0.1) is 17.0 Å². The van der Waals surface area contributed by atoms with Crippen molar-refractivity contribution in [1.82, 2.24) is 0 Å². The van der Waals surface area contributed by atoms with E-state index in [1.54, 1.807) is 24.3 Å². The Labute approximate surface area is 104 Å². The van der Waals surface area contributed by atoms with Crippen LogP contribution < -0.4 is 5.73 Å². The van der Waals surface area contributed by atoms with Gasteiger partial charge < -0.3 is 5.73 Å². The third kappa shape index (κ3) is 2.37. The monoisotopic (exact) mass is 246 g/mol. The quantitative estimate of drug-likeness (QED) is 0.634. The Balaban J connectivity index is 2.57. The Morgan fingerprint density at radius 1 is 1.00 bits per heavy atom. The van der Waals surface area contributed by atoms with Gasteiger partial charge >= 0.3 is 0 Å². The lowest BCUT2D eigenvalue weighted by Gasteiger charge is -2.10. The second-order valence-corrected chi connectivity index (χ2v) is 3.96. The minimum atomic E-state index is -0.884. The first kappa shape index (κ1) is 12.2. The van der Waals surface area contributed by atoms with Crippen molar-refractivity contribution >= 4 is 5.84 Å². The van der Waals surface area contributed by atoms with E-state index in [1.165, 1.54) is 12.1 Å². The smallest absolute Gasteiger partial charge is 0.166 e. The topological polar surface area (TPSA) is 49.9 Å². The molecular formula is C14H12F2N2. The van der Waals surface area contributed by atoms with Crippen LogP contribution in [0.3, 0.4) is 0 Å². The molecule has 0 aliphatic heterocycles. The number of nitrogens with one attached hydrogen (secondary N) is 1. The second kappa shape index (κ2) is 4.96. The van der Waals surface area contributed by atoms with Crippen LogP contribution >= 0.6 is 0 Å². The van der Waals surface area contributed by atoms with E-state index in [4.69, 9.17) is 11.1 Å². The third-order valence-electron chi connectivity index (χ3n) is 2.64. The lowest BCUT2D eigenvalue weighted by molar-refractivity contribution is 0.511. The van der Waals surface area contributed by atoms with Gasteiger partial charge in [-0.05, 0) is 17.2 Å². The van der Waals surface area contributed by atoms with Crippen LogP contribution in [0.5, 0.6) is 0 Å². The fourth-order valence-electron chi connectivity index (χ4n) is 1.85. The summed E-state index contributed by atoms with van der Waals surface area (Å²) >= 11 is 0. The molecule has 2 nitrogen and oxygen atoms in total. The molecule has 0 radical (unpaired) electrons. The summed E-state index contributed by atoms with van der Waals surface area (Å²) < 4.78 is 27.0. The van der Waals surface area contributed by atoms with E-state index in [0.717, 1.165) is 6.07 Å². The molecule has 0 aromatic heterocycles. The number of benzene rings is 2. The molecular weight excluding hydrogens is 234 g/mol. The number of hydrogen-bond donors (Lipinski definition) is 2. The highest BCUT2D eigenvalue weighted by molar-refractivity contribution is 5.82. The van der Waals surface area contributed by atoms with Crippen LogP contribution in [0.25, 0.3) is 11.1 Å². The summed E-state index contributed by atoms with van der Waals surface area (Å²) in [5, 5.41) is 7.30. The van der Waals surface area contributed by atoms with E-state index >= 15 is 0 Å². The maximum atomic E-state index is 13.7. The zero-order valence-corrected chi connectivity index (χ0v) is 9.58. The molecule has 0 saturated carbocycles. The van der Waals surface area contributed by atoms with E-state index in [9.17, 15) is 8.78 Å². The zero-order chi connectivity index (χ0) is 13.1. The van der Waals surface area contributed by atoms with Crippen LogP contribution in [-0.2, 0) is 6.42 Å². The maximum absolute atomic E-state index is 13.7. The van der Waals surface area contributed by atoms with Gasteiger partial charge in [-0.2, -0.15) is 0 Å². The fourth-order valence-corrected chi connectivity index (χ4v) is 1.85. The summed E-state index contributed by atoms with van der Waals surface area (Å²) in [5.41, 5.74) is 6.80. The predicted octanol–water partition coefficient (Wildman–Crippen LogP) is 3.11. The summed E-state index contributed by atoms with van der Waals surface area (Å²) in [4.78, 5) is 0. The van der Waals surface area contributed by atoms with Gasteiger partial charge in [0.15, 0.2) is 11.6 Å². The van der Waals surface area contributed by atoms with Gasteiger partial charge in [0, 0.05) is 12.0 Å². The first-order chi connectivity index (χ1) is 8.59. The molecule has 2 aromatic rings. The molecule has 0 aliphatic rings. The molecule has 4 heteroatoms. The van der Waals surface area contributed by atoms with Crippen molar-refractivity contribution in [3.63, 3.8) is 0 Å². The van der Waals surface area contributed by atoms with Crippen molar-refractivity contribution < 1.29 is 8.78 Å². The van der Waals surface area contributed by atoms with Crippen LogP contribution in [-0.4, -0.2) is 5.84 Å². The minimum Gasteiger partial charge on any atom is -0.387 e. The number of hydrogen-bond acceptors (Lipinski definition) is 1. The molecule has 92 valence electrons. The highest BCUT2D eigenvalue weighted by Gasteiger charge is 2.12. The molecule has 0 amide bonds. The Hall–Kier alpha value is -2.23. The normalized spacial score (nSPS) is 10.3. The van der Waals surface area contributed by atoms with Crippen LogP contribution in [0.15, 0.2) is 42.5 Å². The van der Waals surface area contributed by atoms with Gasteiger partial charge in [0.1, 0.15) is 0 Å². The SMILES string of the molecule is N=C(N)Cc1ccccc1-c1cccc(F)c1F. The predicted molar refractivity (Wildman–Crippen MR) is 67.4 cm³/mol. The number of rotatable bonds is 3. The van der Waals surface area contributed by atoms with Crippen molar-refractivity contribution in [2.75, 3.05) is 0 Å². The lowest BCUT2D eigenvalue weighted by Crippen LogP contribution is -2.13. The highest BCUT2D eigenvalue weighted by Crippen LogP contribution is 2.27. The molecule has 0 atom stereocenters. The maximum Gasteiger partial charge on any atom is 0.166 e. The summed E-state index contributed by atoms with van der Waals surface area (Å²) in [7, 11) is 0. The molecule has 0 spiro atoms. The molecule has 2 aromatic carbocycles. The molecule has 0 aliphatic carbocycles. The average Bonchev–Trinajstić information content (AvgIpc) is 2.33. The molecule has 3 N–H and O–H groups in total. The van der Waals surface area contributed by atoms with Crippen LogP contribution in [0.2, 0.25) is 0 Å². The Morgan fingerprint density at radius 3 is 2.39 bits per heavy atom. The summed E-state index contributed by atoms with van der Waals surface area (Å²) in [6, 6.07) is 11.0. The number of amidine groups is 1. The Morgan fingerprint density at radius 2 is 1.67 bits per heavy atom. The lowest BCUT2D eigenvalue weighted by atomic mass is 9.97. The molecule has 0 bridgehead atoms. The van der Waals surface area contributed by atoms with E-state index in [-0.39, 0.29) is 17.8 Å². The summed E-state index contributed by atoms with van der Waals surface area (Å²) in [5.74, 6) is -1.78. The van der Waals surface area contributed by atoms with Crippen LogP contribution in [0.4, 0.5) is 8.78 Å². The van der Waals surface area contributed by atoms with Gasteiger partial charge in [-0.3, -0.25) is 5.41 Å². The summed E-state index contributed by atoms with van der Waals surface area (Å²) in [6.07, 6.45) is 0.214. The summed E-state index contributed by atoms with van der Waals surface area (Å²) in [6.45, 7) is 0. The fraction of sp³-hybridized carbons (Fsp3) is 0.0714. The Bertz CT molecular complexity index is 594. The van der Waals surface area contributed by atoms with Crippen molar-refractivity contribution in [2.45, 2.75) is 6.42 Å². The van der Waals surface area contributed by atoms with E-state index < -0.39 is 11.6 Å². The first-order valence-electron chi connectivity index (χ1n) is 5.45. The van der Waals surface area contributed by atoms with Crippen molar-refractivity contribution in [1.29, 1.82) is 5.41 Å². The largest absolute Gasteiger partial charge is 0.387 e. The van der Waals surface area contributed by atoms with Gasteiger partial charge in [-0.1, -0.05) is 36.4 Å². The van der Waals surface area contributed by atoms with Gasteiger partial charge in [0.25, 0.3) is 0 Å². The Kier molecular flexibility index (Phi) is 3.37. The zero-order valence-electron chi connectivity index (χ0n) is 9.58. The minimum absolute atomic E-state index is 0.0146. The first-order valence-corrected chi connectivity index (χ1v) is 5.45. The van der Waals surface area contributed by atoms with Crippen molar-refractivity contribution in [3.8, 4) is 11.1 Å². The molecule has 0 heterocycles. The van der Waals surface area contributed by atoms with Crippen LogP contribution in [0.1, 0.15) is 5.56 Å². The van der Waals surface area contributed by atoms with Crippen molar-refractivity contribution in [2.24, 2.45) is 5.73 Å². The van der Waals surface area contributed by atoms with E-state index in [2.05, 4.69) is 0 Å². The number of nitrogens with two attached hydrogens (primary N) is 1. The standard InChI is InChI=1S/C14H12F2N2/c15-12-7-3-6-11(14(12)16)10-5-2-1-4-9(10)8-13(17)18/h1-7H,8H2,(H3,17,18). The third-order valence-corrected chi connectivity index (χ3v) is 2.64. The molecule has 0 saturated heterocycles. The molecule has 0 fully saturated rings. The molecule has 0 unspecified atom stereocenters. The molecule has 2 rings (SSSR count). The van der Waals surface area contributed by atoms with Gasteiger partial charge in [0.05, 0.1) is 5.84 Å². The van der Waals surface area contributed by atoms with Crippen molar-refractivity contribution in [3.05, 3.63) is 59.7 Å². The highest BCUT2D eigenvalue weighted by atomic mass is 19.2. The average molecular weight is 246 g/mol. The second-order valence-electron chi connectivity index (χ2n) is 3.96.